The molecular weight excluding hydrogens is 308 g/mol. The summed E-state index contributed by atoms with van der Waals surface area (Å²) in [5.41, 5.74) is -0.141. The summed E-state index contributed by atoms with van der Waals surface area (Å²) in [5, 5.41) is 0.285. The number of hydrogen-bond donors (Lipinski definition) is 0. The van der Waals surface area contributed by atoms with Crippen molar-refractivity contribution in [1.82, 2.24) is 0 Å². The Kier molecular flexibility index (Phi) is 4.70. The molecule has 1 heterocycles. The molecule has 22 heavy (non-hydrogen) atoms. The first-order valence-corrected chi connectivity index (χ1v) is 7.41. The second-order valence-electron chi connectivity index (χ2n) is 6.16. The maximum atomic E-state index is 11.5. The zero-order chi connectivity index (χ0) is 16.5. The van der Waals surface area contributed by atoms with Crippen molar-refractivity contribution in [3.05, 3.63) is 28.8 Å². The lowest BCUT2D eigenvalue weighted by Gasteiger charge is -2.24. The van der Waals surface area contributed by atoms with Gasteiger partial charge < -0.3 is 18.9 Å². The largest absolute Gasteiger partial charge is 0.491 e. The van der Waals surface area contributed by atoms with Crippen molar-refractivity contribution in [3.8, 4) is 5.75 Å². The molecule has 0 radical (unpaired) electrons. The average Bonchev–Trinajstić information content (AvgIpc) is 2.63. The van der Waals surface area contributed by atoms with Crippen molar-refractivity contribution in [2.45, 2.75) is 45.2 Å². The van der Waals surface area contributed by atoms with Gasteiger partial charge in [0.25, 0.3) is 0 Å². The maximum absolute atomic E-state index is 11.5. The van der Waals surface area contributed by atoms with Gasteiger partial charge in [0.05, 0.1) is 23.3 Å². The van der Waals surface area contributed by atoms with Crippen LogP contribution in [0.2, 0.25) is 5.02 Å². The molecule has 1 fully saturated rings. The van der Waals surface area contributed by atoms with E-state index < -0.39 is 17.4 Å². The molecular formula is C16H21ClO5. The Bertz CT molecular complexity index is 568. The molecule has 6 heteroatoms. The lowest BCUT2D eigenvalue weighted by molar-refractivity contribution is -0.158. The number of esters is 1. The van der Waals surface area contributed by atoms with Gasteiger partial charge in [-0.15, -0.1) is 0 Å². The van der Waals surface area contributed by atoms with Crippen LogP contribution in [0.25, 0.3) is 0 Å². The van der Waals surface area contributed by atoms with Crippen LogP contribution in [0.1, 0.15) is 38.1 Å². The van der Waals surface area contributed by atoms with Crippen LogP contribution < -0.4 is 4.74 Å². The zero-order valence-corrected chi connectivity index (χ0v) is 14.2. The van der Waals surface area contributed by atoms with E-state index in [1.165, 1.54) is 7.11 Å². The molecule has 1 aliphatic heterocycles. The molecule has 0 amide bonds. The number of benzene rings is 1. The van der Waals surface area contributed by atoms with Gasteiger partial charge in [0.15, 0.2) is 5.79 Å². The molecule has 2 rings (SSSR count). The summed E-state index contributed by atoms with van der Waals surface area (Å²) in [5.74, 6) is -0.557. The van der Waals surface area contributed by atoms with E-state index in [0.29, 0.717) is 17.9 Å². The maximum Gasteiger partial charge on any atom is 0.339 e. The van der Waals surface area contributed by atoms with Crippen molar-refractivity contribution in [1.29, 1.82) is 0 Å². The standard InChI is InChI=1S/C16H21ClO5/c1-15(2)13(21-16(3,4)22-15)9-20-10-6-7-11(12(17)8-10)14(18)19-5/h6-8,13H,9H2,1-5H3/t13-/m0/s1. The van der Waals surface area contributed by atoms with Gasteiger partial charge in [0.2, 0.25) is 0 Å². The third kappa shape index (κ3) is 3.72. The predicted octanol–water partition coefficient (Wildman–Crippen LogP) is 3.44. The molecule has 1 atom stereocenters. The van der Waals surface area contributed by atoms with E-state index >= 15 is 0 Å². The van der Waals surface area contributed by atoms with E-state index in [9.17, 15) is 4.79 Å². The third-order valence-electron chi connectivity index (χ3n) is 3.46. The Balaban J connectivity index is 2.03. The highest BCUT2D eigenvalue weighted by Crippen LogP contribution is 2.36. The van der Waals surface area contributed by atoms with E-state index in [4.69, 9.17) is 25.8 Å². The van der Waals surface area contributed by atoms with Gasteiger partial charge >= 0.3 is 5.97 Å². The molecule has 0 unspecified atom stereocenters. The Morgan fingerprint density at radius 1 is 1.32 bits per heavy atom. The van der Waals surface area contributed by atoms with Crippen LogP contribution in [0.15, 0.2) is 18.2 Å². The van der Waals surface area contributed by atoms with E-state index in [2.05, 4.69) is 4.74 Å². The second-order valence-corrected chi connectivity index (χ2v) is 6.56. The molecule has 122 valence electrons. The number of carbonyl (C=O) groups is 1. The molecule has 1 aromatic rings. The van der Waals surface area contributed by atoms with E-state index in [0.717, 1.165) is 0 Å². The topological polar surface area (TPSA) is 54.0 Å². The van der Waals surface area contributed by atoms with Gasteiger partial charge in [-0.1, -0.05) is 11.6 Å². The predicted molar refractivity (Wildman–Crippen MR) is 82.4 cm³/mol. The number of halogens is 1. The minimum atomic E-state index is -0.635. The summed E-state index contributed by atoms with van der Waals surface area (Å²) in [6, 6.07) is 4.83. The zero-order valence-electron chi connectivity index (χ0n) is 13.4. The quantitative estimate of drug-likeness (QED) is 0.792. The van der Waals surface area contributed by atoms with Crippen molar-refractivity contribution in [2.24, 2.45) is 0 Å². The number of carbonyl (C=O) groups excluding carboxylic acids is 1. The first-order valence-electron chi connectivity index (χ1n) is 7.03. The van der Waals surface area contributed by atoms with E-state index in [1.807, 2.05) is 27.7 Å². The molecule has 1 aromatic carbocycles. The Labute approximate surface area is 135 Å². The summed E-state index contributed by atoms with van der Waals surface area (Å²) in [6.45, 7) is 7.99. The number of ether oxygens (including phenoxy) is 4. The molecule has 0 bridgehead atoms. The first-order chi connectivity index (χ1) is 10.1. The Hall–Kier alpha value is -1.30. The van der Waals surface area contributed by atoms with Crippen molar-refractivity contribution in [3.63, 3.8) is 0 Å². The van der Waals surface area contributed by atoms with E-state index in [1.54, 1.807) is 18.2 Å². The number of methoxy groups -OCH3 is 1. The van der Waals surface area contributed by atoms with Crippen molar-refractivity contribution >= 4 is 17.6 Å². The SMILES string of the molecule is COC(=O)c1ccc(OC[C@@H]2OC(C)(C)OC2(C)C)cc1Cl. The molecule has 1 saturated heterocycles. The van der Waals surface area contributed by atoms with Crippen LogP contribution in [0.5, 0.6) is 5.75 Å². The van der Waals surface area contributed by atoms with Gasteiger partial charge in [-0.25, -0.2) is 4.79 Å². The lowest BCUT2D eigenvalue weighted by Crippen LogP contribution is -2.37. The summed E-state index contributed by atoms with van der Waals surface area (Å²) in [4.78, 5) is 11.5. The molecule has 0 spiro atoms. The minimum absolute atomic E-state index is 0.207. The Morgan fingerprint density at radius 3 is 2.50 bits per heavy atom. The molecule has 5 nitrogen and oxygen atoms in total. The highest BCUT2D eigenvalue weighted by atomic mass is 35.5. The number of rotatable bonds is 4. The van der Waals surface area contributed by atoms with E-state index in [-0.39, 0.29) is 11.1 Å². The van der Waals surface area contributed by atoms with Crippen LogP contribution in [0.4, 0.5) is 0 Å². The van der Waals surface area contributed by atoms with Crippen LogP contribution in [0, 0.1) is 0 Å². The fourth-order valence-corrected chi connectivity index (χ4v) is 2.72. The van der Waals surface area contributed by atoms with Gasteiger partial charge in [-0.2, -0.15) is 0 Å². The normalized spacial score (nSPS) is 22.4. The summed E-state index contributed by atoms with van der Waals surface area (Å²) in [7, 11) is 1.31. The Morgan fingerprint density at radius 2 is 2.00 bits per heavy atom. The molecule has 0 aliphatic carbocycles. The fourth-order valence-electron chi connectivity index (χ4n) is 2.48. The average molecular weight is 329 g/mol. The molecule has 0 N–H and O–H groups in total. The highest BCUT2D eigenvalue weighted by Gasteiger charge is 2.47. The van der Waals surface area contributed by atoms with Crippen LogP contribution in [-0.4, -0.2) is 37.2 Å². The lowest BCUT2D eigenvalue weighted by atomic mass is 10.0. The molecule has 0 aromatic heterocycles. The second kappa shape index (κ2) is 6.07. The summed E-state index contributed by atoms with van der Waals surface area (Å²) in [6.07, 6.45) is -0.207. The van der Waals surface area contributed by atoms with Crippen molar-refractivity contribution < 1.29 is 23.7 Å². The van der Waals surface area contributed by atoms with Crippen molar-refractivity contribution in [2.75, 3.05) is 13.7 Å². The van der Waals surface area contributed by atoms with Gasteiger partial charge in [0, 0.05) is 0 Å². The molecule has 0 saturated carbocycles. The third-order valence-corrected chi connectivity index (χ3v) is 3.77. The fraction of sp³-hybridized carbons (Fsp3) is 0.562. The summed E-state index contributed by atoms with van der Waals surface area (Å²) < 4.78 is 22.1. The minimum Gasteiger partial charge on any atom is -0.491 e. The van der Waals surface area contributed by atoms with Crippen LogP contribution in [0.3, 0.4) is 0 Å². The number of hydrogen-bond acceptors (Lipinski definition) is 5. The van der Waals surface area contributed by atoms with Gasteiger partial charge in [-0.3, -0.25) is 0 Å². The molecule has 1 aliphatic rings. The van der Waals surface area contributed by atoms with Crippen LogP contribution in [-0.2, 0) is 14.2 Å². The van der Waals surface area contributed by atoms with Crippen LogP contribution >= 0.6 is 11.6 Å². The smallest absolute Gasteiger partial charge is 0.339 e. The first kappa shape index (κ1) is 17.1. The van der Waals surface area contributed by atoms with Gasteiger partial charge in [0.1, 0.15) is 18.5 Å². The summed E-state index contributed by atoms with van der Waals surface area (Å²) >= 11 is 6.06. The highest BCUT2D eigenvalue weighted by molar-refractivity contribution is 6.33. The van der Waals surface area contributed by atoms with Gasteiger partial charge in [-0.05, 0) is 45.9 Å². The monoisotopic (exact) mass is 328 g/mol.